The van der Waals surface area contributed by atoms with E-state index in [0.29, 0.717) is 5.89 Å². The fraction of sp³-hybridized carbons (Fsp3) is 0.0588. The minimum atomic E-state index is 0.660. The highest BCUT2D eigenvalue weighted by atomic mass is 16.3. The van der Waals surface area contributed by atoms with Gasteiger partial charge in [-0.05, 0) is 17.5 Å². The van der Waals surface area contributed by atoms with Gasteiger partial charge in [-0.1, -0.05) is 30.3 Å². The third kappa shape index (κ3) is 1.67. The molecular formula is C17H13N2O+. The Kier molecular flexibility index (Phi) is 2.33. The molecule has 2 aromatic heterocycles. The van der Waals surface area contributed by atoms with Crippen molar-refractivity contribution in [2.45, 2.75) is 0 Å². The highest BCUT2D eigenvalue weighted by Gasteiger charge is 2.12. The van der Waals surface area contributed by atoms with Crippen molar-refractivity contribution < 1.29 is 8.98 Å². The van der Waals surface area contributed by atoms with Gasteiger partial charge in [0.25, 0.3) is 0 Å². The Hall–Kier alpha value is -2.68. The average Bonchev–Trinajstić information content (AvgIpc) is 2.92. The van der Waals surface area contributed by atoms with Crippen LogP contribution in [0.3, 0.4) is 0 Å². The Morgan fingerprint density at radius 1 is 1.00 bits per heavy atom. The van der Waals surface area contributed by atoms with Crippen molar-refractivity contribution in [2.24, 2.45) is 7.05 Å². The summed E-state index contributed by atoms with van der Waals surface area (Å²) in [6, 6.07) is 16.3. The molecule has 0 aliphatic rings. The van der Waals surface area contributed by atoms with Gasteiger partial charge in [0.2, 0.25) is 5.89 Å². The van der Waals surface area contributed by atoms with Gasteiger partial charge in [0.05, 0.1) is 0 Å². The van der Waals surface area contributed by atoms with E-state index in [1.807, 2.05) is 54.3 Å². The molecule has 0 bridgehead atoms. The molecule has 0 aliphatic heterocycles. The van der Waals surface area contributed by atoms with E-state index >= 15 is 0 Å². The molecule has 0 saturated carbocycles. The van der Waals surface area contributed by atoms with Crippen molar-refractivity contribution in [3.63, 3.8) is 0 Å². The number of aromatic nitrogens is 2. The average molecular weight is 261 g/mol. The van der Waals surface area contributed by atoms with Crippen molar-refractivity contribution >= 4 is 21.9 Å². The van der Waals surface area contributed by atoms with Crippen LogP contribution in [0.15, 0.2) is 65.3 Å². The molecule has 0 fully saturated rings. The quantitative estimate of drug-likeness (QED) is 0.491. The lowest BCUT2D eigenvalue weighted by molar-refractivity contribution is -0.671. The van der Waals surface area contributed by atoms with Gasteiger partial charge < -0.3 is 4.42 Å². The SMILES string of the molecule is C[n+]1cccc(-c2nc3c(ccc4ccccc43)o2)c1. The number of fused-ring (bicyclic) bond motifs is 3. The molecule has 96 valence electrons. The molecule has 3 nitrogen and oxygen atoms in total. The highest BCUT2D eigenvalue weighted by Crippen LogP contribution is 2.28. The summed E-state index contributed by atoms with van der Waals surface area (Å²) in [5.41, 5.74) is 2.73. The highest BCUT2D eigenvalue weighted by molar-refractivity contribution is 6.03. The van der Waals surface area contributed by atoms with E-state index < -0.39 is 0 Å². The minimum absolute atomic E-state index is 0.660. The summed E-state index contributed by atoms with van der Waals surface area (Å²) in [7, 11) is 1.99. The van der Waals surface area contributed by atoms with Gasteiger partial charge in [-0.25, -0.2) is 9.55 Å². The summed E-state index contributed by atoms with van der Waals surface area (Å²) in [6.07, 6.45) is 3.99. The molecular weight excluding hydrogens is 248 g/mol. The van der Waals surface area contributed by atoms with Gasteiger partial charge in [-0.2, -0.15) is 0 Å². The maximum absolute atomic E-state index is 5.89. The molecule has 0 saturated heterocycles. The molecule has 0 atom stereocenters. The van der Waals surface area contributed by atoms with Crippen molar-refractivity contribution in [3.8, 4) is 11.5 Å². The van der Waals surface area contributed by atoms with Crippen LogP contribution >= 0.6 is 0 Å². The first-order chi connectivity index (χ1) is 9.81. The second-order valence-corrected chi connectivity index (χ2v) is 4.91. The molecule has 20 heavy (non-hydrogen) atoms. The largest absolute Gasteiger partial charge is 0.436 e. The first-order valence-corrected chi connectivity index (χ1v) is 6.55. The van der Waals surface area contributed by atoms with Crippen molar-refractivity contribution in [1.82, 2.24) is 4.98 Å². The summed E-state index contributed by atoms with van der Waals surface area (Å²) in [5.74, 6) is 0.660. The zero-order chi connectivity index (χ0) is 13.5. The van der Waals surface area contributed by atoms with E-state index in [4.69, 9.17) is 4.42 Å². The number of pyridine rings is 1. The lowest BCUT2D eigenvalue weighted by Crippen LogP contribution is -2.26. The fourth-order valence-corrected chi connectivity index (χ4v) is 2.50. The number of benzene rings is 2. The summed E-state index contributed by atoms with van der Waals surface area (Å²) in [5, 5.41) is 2.30. The second-order valence-electron chi connectivity index (χ2n) is 4.91. The zero-order valence-corrected chi connectivity index (χ0v) is 11.1. The third-order valence-corrected chi connectivity index (χ3v) is 3.47. The smallest absolute Gasteiger partial charge is 0.233 e. The molecule has 3 heteroatoms. The first kappa shape index (κ1) is 11.2. The second kappa shape index (κ2) is 4.17. The van der Waals surface area contributed by atoms with Crippen molar-refractivity contribution in [3.05, 3.63) is 60.9 Å². The summed E-state index contributed by atoms with van der Waals surface area (Å²) >= 11 is 0. The predicted molar refractivity (Wildman–Crippen MR) is 78.1 cm³/mol. The van der Waals surface area contributed by atoms with E-state index in [0.717, 1.165) is 22.0 Å². The van der Waals surface area contributed by atoms with Crippen LogP contribution in [0.4, 0.5) is 0 Å². The van der Waals surface area contributed by atoms with E-state index in [1.54, 1.807) is 0 Å². The molecule has 0 amide bonds. The Bertz CT molecular complexity index is 924. The summed E-state index contributed by atoms with van der Waals surface area (Å²) in [6.45, 7) is 0. The Balaban J connectivity index is 2.01. The standard InChI is InChI=1S/C17H13N2O/c1-19-10-4-6-13(11-19)17-18-16-14-7-3-2-5-12(14)8-9-15(16)20-17/h2-11H,1H3/q+1. The lowest BCUT2D eigenvalue weighted by atomic mass is 10.1. The topological polar surface area (TPSA) is 29.9 Å². The summed E-state index contributed by atoms with van der Waals surface area (Å²) < 4.78 is 7.88. The van der Waals surface area contributed by atoms with Gasteiger partial charge in [0.1, 0.15) is 18.1 Å². The van der Waals surface area contributed by atoms with Crippen LogP contribution in [0.1, 0.15) is 0 Å². The van der Waals surface area contributed by atoms with Crippen LogP contribution in [0.5, 0.6) is 0 Å². The van der Waals surface area contributed by atoms with Gasteiger partial charge in [-0.3, -0.25) is 0 Å². The Morgan fingerprint density at radius 2 is 1.90 bits per heavy atom. The molecule has 0 spiro atoms. The molecule has 2 aromatic carbocycles. The number of aryl methyl sites for hydroxylation is 1. The van der Waals surface area contributed by atoms with E-state index in [2.05, 4.69) is 23.2 Å². The normalized spacial score (nSPS) is 11.2. The van der Waals surface area contributed by atoms with Gasteiger partial charge >= 0.3 is 0 Å². The molecule has 0 N–H and O–H groups in total. The molecule has 0 aliphatic carbocycles. The number of nitrogens with zero attached hydrogens (tertiary/aromatic N) is 2. The molecule has 0 unspecified atom stereocenters. The van der Waals surface area contributed by atoms with Crippen LogP contribution in [-0.2, 0) is 7.05 Å². The van der Waals surface area contributed by atoms with Crippen LogP contribution in [0.25, 0.3) is 33.3 Å². The monoisotopic (exact) mass is 261 g/mol. The first-order valence-electron chi connectivity index (χ1n) is 6.55. The van der Waals surface area contributed by atoms with Crippen molar-refractivity contribution in [2.75, 3.05) is 0 Å². The number of hydrogen-bond donors (Lipinski definition) is 0. The van der Waals surface area contributed by atoms with Crippen LogP contribution < -0.4 is 4.57 Å². The maximum atomic E-state index is 5.89. The number of oxazole rings is 1. The number of rotatable bonds is 1. The van der Waals surface area contributed by atoms with Gasteiger partial charge in [0, 0.05) is 11.5 Å². The Labute approximate surface area is 116 Å². The van der Waals surface area contributed by atoms with Crippen LogP contribution in [0, 0.1) is 0 Å². The lowest BCUT2D eigenvalue weighted by Gasteiger charge is -1.95. The summed E-state index contributed by atoms with van der Waals surface area (Å²) in [4.78, 5) is 4.67. The van der Waals surface area contributed by atoms with Crippen LogP contribution in [-0.4, -0.2) is 4.98 Å². The third-order valence-electron chi connectivity index (χ3n) is 3.47. The predicted octanol–water partition coefficient (Wildman–Crippen LogP) is 3.47. The zero-order valence-electron chi connectivity index (χ0n) is 11.1. The molecule has 4 aromatic rings. The van der Waals surface area contributed by atoms with Crippen molar-refractivity contribution in [1.29, 1.82) is 0 Å². The minimum Gasteiger partial charge on any atom is -0.436 e. The molecule has 0 radical (unpaired) electrons. The number of hydrogen-bond acceptors (Lipinski definition) is 2. The van der Waals surface area contributed by atoms with E-state index in [1.165, 1.54) is 5.39 Å². The van der Waals surface area contributed by atoms with Gasteiger partial charge in [-0.15, -0.1) is 0 Å². The Morgan fingerprint density at radius 3 is 2.80 bits per heavy atom. The van der Waals surface area contributed by atoms with E-state index in [9.17, 15) is 0 Å². The molecule has 2 heterocycles. The fourth-order valence-electron chi connectivity index (χ4n) is 2.50. The van der Waals surface area contributed by atoms with Crippen LogP contribution in [0.2, 0.25) is 0 Å². The maximum Gasteiger partial charge on any atom is 0.233 e. The van der Waals surface area contributed by atoms with Gasteiger partial charge in [0.15, 0.2) is 18.0 Å². The molecule has 4 rings (SSSR count). The van der Waals surface area contributed by atoms with E-state index in [-0.39, 0.29) is 0 Å².